The van der Waals surface area contributed by atoms with Crippen molar-refractivity contribution in [3.63, 3.8) is 0 Å². The number of aliphatic hydroxyl groups is 1. The number of amides is 1. The van der Waals surface area contributed by atoms with Gasteiger partial charge < -0.3 is 26.4 Å². The van der Waals surface area contributed by atoms with Crippen molar-refractivity contribution in [2.24, 2.45) is 11.5 Å². The maximum Gasteiger partial charge on any atom is 0.244 e. The van der Waals surface area contributed by atoms with E-state index in [0.717, 1.165) is 0 Å². The van der Waals surface area contributed by atoms with E-state index in [1.54, 1.807) is 0 Å². The second-order valence-electron chi connectivity index (χ2n) is 4.12. The van der Waals surface area contributed by atoms with Gasteiger partial charge >= 0.3 is 0 Å². The van der Waals surface area contributed by atoms with Crippen molar-refractivity contribution >= 4 is 5.91 Å². The van der Waals surface area contributed by atoms with E-state index in [9.17, 15) is 9.90 Å². The number of rotatable bonds is 4. The van der Waals surface area contributed by atoms with Crippen LogP contribution in [0.1, 0.15) is 36.6 Å². The molecule has 3 atom stereocenters. The molecule has 1 aromatic rings. The summed E-state index contributed by atoms with van der Waals surface area (Å²) in [5.74, 6) is 0.102. The Morgan fingerprint density at radius 3 is 3.06 bits per heavy atom. The summed E-state index contributed by atoms with van der Waals surface area (Å²) in [4.78, 5) is 14.8. The third kappa shape index (κ3) is 2.78. The third-order valence-corrected chi connectivity index (χ3v) is 2.62. The van der Waals surface area contributed by atoms with Gasteiger partial charge in [0.2, 0.25) is 11.8 Å². The normalized spacial score (nSPS) is 26.0. The summed E-state index contributed by atoms with van der Waals surface area (Å²) >= 11 is 0. The highest BCUT2D eigenvalue weighted by Gasteiger charge is 2.28. The van der Waals surface area contributed by atoms with Crippen LogP contribution in [-0.2, 0) is 4.79 Å². The second-order valence-corrected chi connectivity index (χ2v) is 4.12. The second kappa shape index (κ2) is 4.78. The molecule has 0 saturated carbocycles. The zero-order valence-electron chi connectivity index (χ0n) is 9.17. The number of primary amides is 1. The third-order valence-electron chi connectivity index (χ3n) is 2.62. The fourth-order valence-electron chi connectivity index (χ4n) is 1.76. The molecule has 0 radical (unpaired) electrons. The van der Waals surface area contributed by atoms with Crippen LogP contribution in [0.5, 0.6) is 0 Å². The number of hydrogen-bond acceptors (Lipinski definition) is 7. The van der Waals surface area contributed by atoms with Crippen molar-refractivity contribution in [3.8, 4) is 0 Å². The van der Waals surface area contributed by atoms with Crippen molar-refractivity contribution in [1.29, 1.82) is 0 Å². The molecule has 8 nitrogen and oxygen atoms in total. The number of nitrogens with one attached hydrogen (secondary N) is 1. The molecule has 17 heavy (non-hydrogen) atoms. The van der Waals surface area contributed by atoms with E-state index in [1.165, 1.54) is 0 Å². The smallest absolute Gasteiger partial charge is 0.244 e. The Hall–Kier alpha value is -1.51. The predicted molar refractivity (Wildman–Crippen MR) is 56.4 cm³/mol. The molecule has 8 heteroatoms. The monoisotopic (exact) mass is 241 g/mol. The summed E-state index contributed by atoms with van der Waals surface area (Å²) in [5, 5.41) is 16.2. The maximum absolute atomic E-state index is 10.7. The number of aromatic nitrogens is 2. The molecule has 1 fully saturated rings. The Labute approximate surface area is 97.4 Å². The lowest BCUT2D eigenvalue weighted by molar-refractivity contribution is -0.118. The van der Waals surface area contributed by atoms with Crippen LogP contribution in [0, 0.1) is 0 Å². The summed E-state index contributed by atoms with van der Waals surface area (Å²) < 4.78 is 4.96. The lowest BCUT2D eigenvalue weighted by Gasteiger charge is -2.03. The lowest BCUT2D eigenvalue weighted by Crippen LogP contribution is -2.21. The van der Waals surface area contributed by atoms with Crippen LogP contribution in [0.15, 0.2) is 4.52 Å². The zero-order chi connectivity index (χ0) is 12.4. The van der Waals surface area contributed by atoms with E-state index in [4.69, 9.17) is 16.0 Å². The van der Waals surface area contributed by atoms with Crippen LogP contribution in [0.3, 0.4) is 0 Å². The van der Waals surface area contributed by atoms with Crippen LogP contribution < -0.4 is 16.8 Å². The highest BCUT2D eigenvalue weighted by atomic mass is 16.5. The van der Waals surface area contributed by atoms with E-state index in [-0.39, 0.29) is 18.4 Å². The standard InChI is InChI=1S/C9H15N5O3/c10-5(2-7(11)16)9-13-8(14-17-9)6-1-4(15)3-12-6/h4-6,12,15H,1-3,10H2,(H2,11,16)/t4-,5+,6+/m1/s1. The first kappa shape index (κ1) is 12.0. The van der Waals surface area contributed by atoms with Gasteiger partial charge in [-0.15, -0.1) is 0 Å². The topological polar surface area (TPSA) is 140 Å². The molecule has 2 rings (SSSR count). The Morgan fingerprint density at radius 2 is 2.47 bits per heavy atom. The van der Waals surface area contributed by atoms with Crippen molar-refractivity contribution in [2.45, 2.75) is 31.0 Å². The molecule has 1 aliphatic rings. The number of hydrogen-bond donors (Lipinski definition) is 4. The van der Waals surface area contributed by atoms with Gasteiger partial charge in [0.05, 0.1) is 24.6 Å². The van der Waals surface area contributed by atoms with Gasteiger partial charge in [0.25, 0.3) is 0 Å². The van der Waals surface area contributed by atoms with Crippen LogP contribution in [-0.4, -0.2) is 33.8 Å². The van der Waals surface area contributed by atoms with Gasteiger partial charge in [0, 0.05) is 6.54 Å². The first-order valence-electron chi connectivity index (χ1n) is 5.35. The predicted octanol–water partition coefficient (Wildman–Crippen LogP) is -1.66. The van der Waals surface area contributed by atoms with Crippen molar-refractivity contribution in [2.75, 3.05) is 6.54 Å². The number of carbonyl (C=O) groups is 1. The quantitative estimate of drug-likeness (QED) is 0.494. The molecule has 6 N–H and O–H groups in total. The van der Waals surface area contributed by atoms with Crippen molar-refractivity contribution in [3.05, 3.63) is 11.7 Å². The SMILES string of the molecule is NC(=O)C[C@H](N)c1nc([C@@H]2C[C@@H](O)CN2)no1. The Kier molecular flexibility index (Phi) is 3.36. The maximum atomic E-state index is 10.7. The van der Waals surface area contributed by atoms with Gasteiger partial charge in [-0.05, 0) is 6.42 Å². The lowest BCUT2D eigenvalue weighted by atomic mass is 10.2. The summed E-state index contributed by atoms with van der Waals surface area (Å²) in [7, 11) is 0. The fourth-order valence-corrected chi connectivity index (χ4v) is 1.76. The molecule has 0 aliphatic carbocycles. The fraction of sp³-hybridized carbons (Fsp3) is 0.667. The summed E-state index contributed by atoms with van der Waals surface area (Å²) in [6.07, 6.45) is 0.0908. The minimum absolute atomic E-state index is 0.0393. The molecule has 1 aliphatic heterocycles. The summed E-state index contributed by atoms with van der Waals surface area (Å²) in [6.45, 7) is 0.502. The van der Waals surface area contributed by atoms with Gasteiger partial charge in [-0.1, -0.05) is 5.16 Å². The van der Waals surface area contributed by atoms with Crippen LogP contribution >= 0.6 is 0 Å². The largest absolute Gasteiger partial charge is 0.392 e. The van der Waals surface area contributed by atoms with E-state index < -0.39 is 18.1 Å². The van der Waals surface area contributed by atoms with Gasteiger partial charge in [-0.2, -0.15) is 4.98 Å². The molecular formula is C9H15N5O3. The average molecular weight is 241 g/mol. The number of nitrogens with two attached hydrogens (primary N) is 2. The van der Waals surface area contributed by atoms with Crippen LogP contribution in [0.4, 0.5) is 0 Å². The number of aliphatic hydroxyl groups excluding tert-OH is 1. The molecule has 1 aromatic heterocycles. The molecule has 0 unspecified atom stereocenters. The summed E-state index contributed by atoms with van der Waals surface area (Å²) in [5.41, 5.74) is 10.7. The number of β-amino-alcohol motifs (C(OH)–C–C–N with tert-alkyl or cyclic N) is 1. The number of carbonyl (C=O) groups excluding carboxylic acids is 1. The molecule has 94 valence electrons. The molecule has 0 bridgehead atoms. The Bertz CT molecular complexity index is 407. The van der Waals surface area contributed by atoms with E-state index >= 15 is 0 Å². The Balaban J connectivity index is 2.02. The minimum Gasteiger partial charge on any atom is -0.392 e. The van der Waals surface area contributed by atoms with Crippen LogP contribution in [0.2, 0.25) is 0 Å². The first-order chi connectivity index (χ1) is 8.06. The van der Waals surface area contributed by atoms with Gasteiger partial charge in [0.15, 0.2) is 5.82 Å². The summed E-state index contributed by atoms with van der Waals surface area (Å²) in [6, 6.07) is -0.816. The highest BCUT2D eigenvalue weighted by molar-refractivity contribution is 5.74. The number of nitrogens with zero attached hydrogens (tertiary/aromatic N) is 2. The molecule has 1 saturated heterocycles. The van der Waals surface area contributed by atoms with Gasteiger partial charge in [-0.25, -0.2) is 0 Å². The van der Waals surface area contributed by atoms with E-state index in [0.29, 0.717) is 18.8 Å². The van der Waals surface area contributed by atoms with Crippen molar-refractivity contribution in [1.82, 2.24) is 15.5 Å². The average Bonchev–Trinajstić information content (AvgIpc) is 2.84. The Morgan fingerprint density at radius 1 is 1.71 bits per heavy atom. The molecule has 0 spiro atoms. The van der Waals surface area contributed by atoms with Gasteiger partial charge in [-0.3, -0.25) is 4.79 Å². The van der Waals surface area contributed by atoms with E-state index in [2.05, 4.69) is 15.5 Å². The minimum atomic E-state index is -0.680. The van der Waals surface area contributed by atoms with Gasteiger partial charge in [0.1, 0.15) is 0 Å². The molecule has 0 aromatic carbocycles. The zero-order valence-corrected chi connectivity index (χ0v) is 9.17. The van der Waals surface area contributed by atoms with Crippen molar-refractivity contribution < 1.29 is 14.4 Å². The molecule has 1 amide bonds. The molecular weight excluding hydrogens is 226 g/mol. The first-order valence-corrected chi connectivity index (χ1v) is 5.35. The highest BCUT2D eigenvalue weighted by Crippen LogP contribution is 2.22. The van der Waals surface area contributed by atoms with E-state index in [1.807, 2.05) is 0 Å². The van der Waals surface area contributed by atoms with Crippen LogP contribution in [0.25, 0.3) is 0 Å². The molecule has 2 heterocycles.